The number of anilines is 1. The standard InChI is InChI=1S/C9H11IN4S/c1-5-3-2-4-6(10)7(5)13-9(15)14-8(11)12/h2-4H,1H3,(H5,11,12,13,14,15). The minimum absolute atomic E-state index is 0.170. The first-order valence-corrected chi connectivity index (χ1v) is 5.66. The van der Waals surface area contributed by atoms with Gasteiger partial charge in [-0.1, -0.05) is 12.1 Å². The summed E-state index contributed by atoms with van der Waals surface area (Å²) < 4.78 is 1.07. The number of nitrogens with two attached hydrogens (primary N) is 1. The average molecular weight is 334 g/mol. The highest BCUT2D eigenvalue weighted by Gasteiger charge is 2.04. The van der Waals surface area contributed by atoms with Gasteiger partial charge in [0.15, 0.2) is 11.1 Å². The van der Waals surface area contributed by atoms with Crippen molar-refractivity contribution in [1.82, 2.24) is 5.32 Å². The van der Waals surface area contributed by atoms with Crippen LogP contribution in [0.4, 0.5) is 5.69 Å². The Bertz CT molecular complexity index is 385. The summed E-state index contributed by atoms with van der Waals surface area (Å²) in [6, 6.07) is 5.94. The molecule has 0 aliphatic rings. The lowest BCUT2D eigenvalue weighted by molar-refractivity contribution is 1.25. The molecule has 0 aromatic heterocycles. The molecule has 6 heteroatoms. The van der Waals surface area contributed by atoms with Crippen LogP contribution in [0.1, 0.15) is 5.56 Å². The first kappa shape index (κ1) is 12.2. The Labute approximate surface area is 107 Å². The molecule has 4 nitrogen and oxygen atoms in total. The Hall–Kier alpha value is -0.890. The molecule has 0 aliphatic heterocycles. The van der Waals surface area contributed by atoms with E-state index >= 15 is 0 Å². The molecule has 0 radical (unpaired) electrons. The highest BCUT2D eigenvalue weighted by molar-refractivity contribution is 14.1. The molecule has 0 bridgehead atoms. The highest BCUT2D eigenvalue weighted by atomic mass is 127. The van der Waals surface area contributed by atoms with E-state index in [0.29, 0.717) is 5.11 Å². The zero-order valence-corrected chi connectivity index (χ0v) is 11.1. The molecule has 0 saturated heterocycles. The number of nitrogens with one attached hydrogen (secondary N) is 3. The zero-order chi connectivity index (χ0) is 11.4. The number of thiocarbonyl (C=S) groups is 1. The van der Waals surface area contributed by atoms with E-state index in [4.69, 9.17) is 23.4 Å². The number of benzene rings is 1. The van der Waals surface area contributed by atoms with Crippen molar-refractivity contribution in [3.8, 4) is 0 Å². The van der Waals surface area contributed by atoms with E-state index in [9.17, 15) is 0 Å². The van der Waals surface area contributed by atoms with Crippen LogP contribution in [0.5, 0.6) is 0 Å². The third kappa shape index (κ3) is 3.63. The van der Waals surface area contributed by atoms with Gasteiger partial charge in [-0.05, 0) is 53.4 Å². The number of guanidine groups is 1. The molecule has 0 heterocycles. The van der Waals surface area contributed by atoms with E-state index < -0.39 is 0 Å². The Kier molecular flexibility index (Phi) is 4.28. The third-order valence-corrected chi connectivity index (χ3v) is 2.81. The molecule has 0 fully saturated rings. The lowest BCUT2D eigenvalue weighted by Crippen LogP contribution is -2.38. The Morgan fingerprint density at radius 3 is 2.73 bits per heavy atom. The lowest BCUT2D eigenvalue weighted by Gasteiger charge is -2.12. The number of aryl methyl sites for hydroxylation is 1. The molecule has 1 rings (SSSR count). The predicted octanol–water partition coefficient (Wildman–Crippen LogP) is 1.78. The second-order valence-electron chi connectivity index (χ2n) is 2.92. The maximum absolute atomic E-state index is 7.04. The highest BCUT2D eigenvalue weighted by Crippen LogP contribution is 2.21. The van der Waals surface area contributed by atoms with Gasteiger partial charge in [-0.25, -0.2) is 0 Å². The van der Waals surface area contributed by atoms with E-state index in [1.165, 1.54) is 0 Å². The van der Waals surface area contributed by atoms with Gasteiger partial charge in [-0.2, -0.15) is 0 Å². The van der Waals surface area contributed by atoms with Crippen molar-refractivity contribution in [2.75, 3.05) is 5.32 Å². The number of para-hydroxylation sites is 1. The molecule has 0 amide bonds. The fraction of sp³-hybridized carbons (Fsp3) is 0.111. The molecular formula is C9H11IN4S. The van der Waals surface area contributed by atoms with Crippen molar-refractivity contribution in [2.24, 2.45) is 5.73 Å². The molecule has 0 spiro atoms. The quantitative estimate of drug-likeness (QED) is 0.273. The van der Waals surface area contributed by atoms with Gasteiger partial charge in [0, 0.05) is 3.57 Å². The van der Waals surface area contributed by atoms with E-state index in [1.807, 2.05) is 25.1 Å². The number of hydrogen-bond acceptors (Lipinski definition) is 2. The van der Waals surface area contributed by atoms with Crippen LogP contribution in [-0.2, 0) is 0 Å². The zero-order valence-electron chi connectivity index (χ0n) is 8.10. The van der Waals surface area contributed by atoms with Gasteiger partial charge < -0.3 is 16.4 Å². The lowest BCUT2D eigenvalue weighted by atomic mass is 10.2. The molecule has 0 saturated carbocycles. The smallest absolute Gasteiger partial charge is 0.192 e. The van der Waals surface area contributed by atoms with Gasteiger partial charge in [0.2, 0.25) is 0 Å². The Balaban J connectivity index is 2.80. The van der Waals surface area contributed by atoms with Crippen LogP contribution in [0.3, 0.4) is 0 Å². The van der Waals surface area contributed by atoms with Crippen LogP contribution in [-0.4, -0.2) is 11.1 Å². The number of rotatable bonds is 1. The monoisotopic (exact) mass is 334 g/mol. The second kappa shape index (κ2) is 5.26. The van der Waals surface area contributed by atoms with E-state index in [2.05, 4.69) is 33.2 Å². The van der Waals surface area contributed by atoms with Gasteiger partial charge in [0.1, 0.15) is 0 Å². The van der Waals surface area contributed by atoms with Crippen LogP contribution < -0.4 is 16.4 Å². The van der Waals surface area contributed by atoms with E-state index in [-0.39, 0.29) is 5.96 Å². The summed E-state index contributed by atoms with van der Waals surface area (Å²) in [5.74, 6) is -0.170. The van der Waals surface area contributed by atoms with E-state index in [0.717, 1.165) is 14.8 Å². The first-order chi connectivity index (χ1) is 7.00. The molecule has 1 aromatic carbocycles. The normalized spacial score (nSPS) is 9.47. The molecular weight excluding hydrogens is 323 g/mol. The third-order valence-electron chi connectivity index (χ3n) is 1.71. The summed E-state index contributed by atoms with van der Waals surface area (Å²) in [5, 5.41) is 12.9. The predicted molar refractivity (Wildman–Crippen MR) is 75.2 cm³/mol. The Morgan fingerprint density at radius 2 is 2.20 bits per heavy atom. The summed E-state index contributed by atoms with van der Waals surface area (Å²) >= 11 is 7.20. The van der Waals surface area contributed by atoms with Crippen molar-refractivity contribution in [3.05, 3.63) is 27.3 Å². The van der Waals surface area contributed by atoms with Crippen molar-refractivity contribution in [3.63, 3.8) is 0 Å². The maximum atomic E-state index is 7.04. The molecule has 0 atom stereocenters. The summed E-state index contributed by atoms with van der Waals surface area (Å²) in [4.78, 5) is 0. The fourth-order valence-electron chi connectivity index (χ4n) is 1.06. The van der Waals surface area contributed by atoms with Crippen molar-refractivity contribution in [1.29, 1.82) is 5.41 Å². The molecule has 1 aromatic rings. The summed E-state index contributed by atoms with van der Waals surface area (Å²) in [6.07, 6.45) is 0. The summed E-state index contributed by atoms with van der Waals surface area (Å²) in [7, 11) is 0. The fourth-order valence-corrected chi connectivity index (χ4v) is 2.04. The SMILES string of the molecule is Cc1cccc(I)c1NC(=S)NC(=N)N. The molecule has 0 unspecified atom stereocenters. The van der Waals surface area contributed by atoms with Crippen LogP contribution in [0.15, 0.2) is 18.2 Å². The van der Waals surface area contributed by atoms with E-state index in [1.54, 1.807) is 0 Å². The Morgan fingerprint density at radius 1 is 1.53 bits per heavy atom. The van der Waals surface area contributed by atoms with Crippen LogP contribution in [0.2, 0.25) is 0 Å². The number of hydrogen-bond donors (Lipinski definition) is 4. The molecule has 5 N–H and O–H groups in total. The average Bonchev–Trinajstić information content (AvgIpc) is 2.10. The van der Waals surface area contributed by atoms with Gasteiger partial charge in [0.25, 0.3) is 0 Å². The first-order valence-electron chi connectivity index (χ1n) is 4.18. The molecule has 80 valence electrons. The van der Waals surface area contributed by atoms with Crippen LogP contribution in [0.25, 0.3) is 0 Å². The van der Waals surface area contributed by atoms with Crippen molar-refractivity contribution < 1.29 is 0 Å². The topological polar surface area (TPSA) is 73.9 Å². The number of halogens is 1. The largest absolute Gasteiger partial charge is 0.370 e. The molecule has 15 heavy (non-hydrogen) atoms. The maximum Gasteiger partial charge on any atom is 0.192 e. The van der Waals surface area contributed by atoms with Crippen molar-refractivity contribution in [2.45, 2.75) is 6.92 Å². The minimum Gasteiger partial charge on any atom is -0.370 e. The van der Waals surface area contributed by atoms with Gasteiger partial charge >= 0.3 is 0 Å². The van der Waals surface area contributed by atoms with Gasteiger partial charge in [-0.15, -0.1) is 0 Å². The van der Waals surface area contributed by atoms with Gasteiger partial charge in [0.05, 0.1) is 5.69 Å². The summed E-state index contributed by atoms with van der Waals surface area (Å²) in [6.45, 7) is 1.99. The minimum atomic E-state index is -0.170. The molecule has 0 aliphatic carbocycles. The van der Waals surface area contributed by atoms with Gasteiger partial charge in [-0.3, -0.25) is 5.41 Å². The second-order valence-corrected chi connectivity index (χ2v) is 4.49. The summed E-state index contributed by atoms with van der Waals surface area (Å²) in [5.41, 5.74) is 7.20. The van der Waals surface area contributed by atoms with Crippen LogP contribution in [0, 0.1) is 15.9 Å². The van der Waals surface area contributed by atoms with Crippen LogP contribution >= 0.6 is 34.8 Å². The van der Waals surface area contributed by atoms with Crippen molar-refractivity contribution >= 4 is 51.6 Å².